The first kappa shape index (κ1) is 10.4. The van der Waals surface area contributed by atoms with Crippen molar-refractivity contribution in [3.8, 4) is 5.75 Å². The fraction of sp³-hybridized carbons (Fsp3) is 0.400. The SMILES string of the molecule is COCCOc1ccc(CCl)cc1. The van der Waals surface area contributed by atoms with E-state index in [1.54, 1.807) is 7.11 Å². The molecule has 0 atom stereocenters. The van der Waals surface area contributed by atoms with E-state index in [1.807, 2.05) is 24.3 Å². The summed E-state index contributed by atoms with van der Waals surface area (Å²) in [6.07, 6.45) is 0. The third-order valence-electron chi connectivity index (χ3n) is 1.63. The van der Waals surface area contributed by atoms with Crippen molar-refractivity contribution < 1.29 is 9.47 Å². The predicted octanol–water partition coefficient (Wildman–Crippen LogP) is 2.45. The molecule has 0 saturated carbocycles. The largest absolute Gasteiger partial charge is 0.491 e. The Balaban J connectivity index is 2.40. The lowest BCUT2D eigenvalue weighted by molar-refractivity contribution is 0.146. The van der Waals surface area contributed by atoms with Crippen molar-refractivity contribution in [1.82, 2.24) is 0 Å². The zero-order valence-corrected chi connectivity index (χ0v) is 8.38. The van der Waals surface area contributed by atoms with E-state index in [9.17, 15) is 0 Å². The van der Waals surface area contributed by atoms with Gasteiger partial charge < -0.3 is 9.47 Å². The molecule has 0 unspecified atom stereocenters. The van der Waals surface area contributed by atoms with Gasteiger partial charge in [0.2, 0.25) is 0 Å². The molecule has 0 spiro atoms. The van der Waals surface area contributed by atoms with Crippen LogP contribution < -0.4 is 4.74 Å². The molecule has 0 radical (unpaired) electrons. The highest BCUT2D eigenvalue weighted by Crippen LogP contribution is 2.13. The Morgan fingerprint density at radius 3 is 2.38 bits per heavy atom. The van der Waals surface area contributed by atoms with E-state index in [0.717, 1.165) is 11.3 Å². The van der Waals surface area contributed by atoms with Crippen LogP contribution in [0.25, 0.3) is 0 Å². The highest BCUT2D eigenvalue weighted by molar-refractivity contribution is 6.17. The van der Waals surface area contributed by atoms with E-state index in [4.69, 9.17) is 21.1 Å². The number of alkyl halides is 1. The van der Waals surface area contributed by atoms with Gasteiger partial charge in [-0.15, -0.1) is 11.6 Å². The second kappa shape index (κ2) is 5.84. The van der Waals surface area contributed by atoms with Gasteiger partial charge in [0.15, 0.2) is 0 Å². The summed E-state index contributed by atoms with van der Waals surface area (Å²) >= 11 is 5.65. The smallest absolute Gasteiger partial charge is 0.119 e. The second-order valence-corrected chi connectivity index (χ2v) is 2.89. The summed E-state index contributed by atoms with van der Waals surface area (Å²) in [4.78, 5) is 0. The molecular weight excluding hydrogens is 188 g/mol. The maximum Gasteiger partial charge on any atom is 0.119 e. The van der Waals surface area contributed by atoms with Crippen LogP contribution in [0.1, 0.15) is 5.56 Å². The Hall–Kier alpha value is -0.730. The Labute approximate surface area is 83.4 Å². The van der Waals surface area contributed by atoms with Crippen LogP contribution in [0.3, 0.4) is 0 Å². The third-order valence-corrected chi connectivity index (χ3v) is 1.94. The minimum absolute atomic E-state index is 0.540. The van der Waals surface area contributed by atoms with Gasteiger partial charge in [-0.2, -0.15) is 0 Å². The van der Waals surface area contributed by atoms with Gasteiger partial charge in [0.1, 0.15) is 12.4 Å². The van der Waals surface area contributed by atoms with E-state index < -0.39 is 0 Å². The lowest BCUT2D eigenvalue weighted by Crippen LogP contribution is -2.03. The van der Waals surface area contributed by atoms with Crippen LogP contribution in [-0.4, -0.2) is 20.3 Å². The molecule has 0 bridgehead atoms. The van der Waals surface area contributed by atoms with Crippen LogP contribution in [-0.2, 0) is 10.6 Å². The third kappa shape index (κ3) is 3.66. The molecule has 1 aromatic rings. The van der Waals surface area contributed by atoms with Crippen molar-refractivity contribution in [2.45, 2.75) is 5.88 Å². The van der Waals surface area contributed by atoms with Crippen LogP contribution in [0.5, 0.6) is 5.75 Å². The van der Waals surface area contributed by atoms with Crippen LogP contribution in [0.2, 0.25) is 0 Å². The average Bonchev–Trinajstić information content (AvgIpc) is 2.19. The highest BCUT2D eigenvalue weighted by Gasteiger charge is 1.93. The lowest BCUT2D eigenvalue weighted by atomic mass is 10.2. The van der Waals surface area contributed by atoms with E-state index in [-0.39, 0.29) is 0 Å². The molecule has 0 heterocycles. The van der Waals surface area contributed by atoms with Crippen LogP contribution in [0, 0.1) is 0 Å². The molecule has 0 aliphatic carbocycles. The zero-order chi connectivity index (χ0) is 9.52. The molecule has 0 aromatic heterocycles. The number of ether oxygens (including phenoxy) is 2. The predicted molar refractivity (Wildman–Crippen MR) is 53.4 cm³/mol. The monoisotopic (exact) mass is 200 g/mol. The van der Waals surface area contributed by atoms with Crippen molar-refractivity contribution in [3.63, 3.8) is 0 Å². The molecule has 0 amide bonds. The van der Waals surface area contributed by atoms with Crippen molar-refractivity contribution in [2.24, 2.45) is 0 Å². The van der Waals surface area contributed by atoms with E-state index in [0.29, 0.717) is 19.1 Å². The summed E-state index contributed by atoms with van der Waals surface area (Å²) < 4.78 is 10.2. The van der Waals surface area contributed by atoms with Crippen molar-refractivity contribution in [3.05, 3.63) is 29.8 Å². The lowest BCUT2D eigenvalue weighted by Gasteiger charge is -2.05. The zero-order valence-electron chi connectivity index (χ0n) is 7.63. The fourth-order valence-corrected chi connectivity index (χ4v) is 1.10. The first-order valence-electron chi connectivity index (χ1n) is 4.13. The molecule has 0 saturated heterocycles. The Morgan fingerprint density at radius 1 is 1.15 bits per heavy atom. The summed E-state index contributed by atoms with van der Waals surface area (Å²) in [6.45, 7) is 1.19. The standard InChI is InChI=1S/C10H13ClO2/c1-12-6-7-13-10-4-2-9(8-11)3-5-10/h2-5H,6-8H2,1H3. The number of halogens is 1. The quantitative estimate of drug-likeness (QED) is 0.537. The number of benzene rings is 1. The summed E-state index contributed by atoms with van der Waals surface area (Å²) in [6, 6.07) is 7.73. The Morgan fingerprint density at radius 2 is 1.85 bits per heavy atom. The molecule has 0 aliphatic heterocycles. The molecular formula is C10H13ClO2. The Bertz CT molecular complexity index is 233. The number of hydrogen-bond donors (Lipinski definition) is 0. The topological polar surface area (TPSA) is 18.5 Å². The van der Waals surface area contributed by atoms with E-state index in [1.165, 1.54) is 0 Å². The van der Waals surface area contributed by atoms with Gasteiger partial charge >= 0.3 is 0 Å². The molecule has 2 nitrogen and oxygen atoms in total. The Kier molecular flexibility index (Phi) is 4.65. The van der Waals surface area contributed by atoms with E-state index >= 15 is 0 Å². The van der Waals surface area contributed by atoms with Crippen LogP contribution in [0.4, 0.5) is 0 Å². The minimum Gasteiger partial charge on any atom is -0.491 e. The maximum absolute atomic E-state index is 5.65. The number of rotatable bonds is 5. The molecule has 1 rings (SSSR count). The highest BCUT2D eigenvalue weighted by atomic mass is 35.5. The summed E-state index contributed by atoms with van der Waals surface area (Å²) in [5, 5.41) is 0. The van der Waals surface area contributed by atoms with Gasteiger partial charge in [-0.25, -0.2) is 0 Å². The van der Waals surface area contributed by atoms with Crippen LogP contribution in [0.15, 0.2) is 24.3 Å². The second-order valence-electron chi connectivity index (χ2n) is 2.62. The van der Waals surface area contributed by atoms with Gasteiger partial charge in [0.05, 0.1) is 6.61 Å². The molecule has 13 heavy (non-hydrogen) atoms. The van der Waals surface area contributed by atoms with Crippen molar-refractivity contribution in [1.29, 1.82) is 0 Å². The normalized spacial score (nSPS) is 10.0. The van der Waals surface area contributed by atoms with Gasteiger partial charge in [-0.05, 0) is 17.7 Å². The summed E-state index contributed by atoms with van der Waals surface area (Å²) in [5.41, 5.74) is 1.10. The summed E-state index contributed by atoms with van der Waals surface area (Å²) in [5.74, 6) is 1.39. The molecule has 1 aromatic carbocycles. The van der Waals surface area contributed by atoms with Gasteiger partial charge in [-0.3, -0.25) is 0 Å². The number of hydrogen-bond acceptors (Lipinski definition) is 2. The molecule has 0 N–H and O–H groups in total. The first-order chi connectivity index (χ1) is 6.36. The number of methoxy groups -OCH3 is 1. The molecule has 72 valence electrons. The summed E-state index contributed by atoms with van der Waals surface area (Å²) in [7, 11) is 1.65. The fourth-order valence-electron chi connectivity index (χ4n) is 0.918. The molecule has 0 aliphatic rings. The first-order valence-corrected chi connectivity index (χ1v) is 4.67. The maximum atomic E-state index is 5.65. The molecule has 3 heteroatoms. The van der Waals surface area contributed by atoms with Crippen molar-refractivity contribution >= 4 is 11.6 Å². The van der Waals surface area contributed by atoms with Crippen molar-refractivity contribution in [2.75, 3.05) is 20.3 Å². The van der Waals surface area contributed by atoms with Gasteiger partial charge in [-0.1, -0.05) is 12.1 Å². The van der Waals surface area contributed by atoms with E-state index in [2.05, 4.69) is 0 Å². The van der Waals surface area contributed by atoms with Crippen LogP contribution >= 0.6 is 11.6 Å². The average molecular weight is 201 g/mol. The van der Waals surface area contributed by atoms with Gasteiger partial charge in [0.25, 0.3) is 0 Å². The minimum atomic E-state index is 0.540. The van der Waals surface area contributed by atoms with Gasteiger partial charge in [0, 0.05) is 13.0 Å². The molecule has 0 fully saturated rings.